The third kappa shape index (κ3) is 3.50. The third-order valence-corrected chi connectivity index (χ3v) is 8.91. The molecule has 0 N–H and O–H groups in total. The monoisotopic (exact) mass is 443 g/mol. The number of morpholine rings is 1. The number of rotatable bonds is 5. The largest absolute Gasteiger partial charge is 0.497 e. The number of aromatic nitrogens is 1. The van der Waals surface area contributed by atoms with Crippen molar-refractivity contribution in [2.24, 2.45) is 0 Å². The van der Waals surface area contributed by atoms with Gasteiger partial charge in [0.25, 0.3) is 5.91 Å². The summed E-state index contributed by atoms with van der Waals surface area (Å²) in [6.07, 6.45) is 3.97. The Morgan fingerprint density at radius 1 is 1.19 bits per heavy atom. The Balaban J connectivity index is 1.32. The van der Waals surface area contributed by atoms with Crippen molar-refractivity contribution in [3.05, 3.63) is 59.9 Å². The van der Waals surface area contributed by atoms with Crippen LogP contribution in [0.1, 0.15) is 22.3 Å². The zero-order chi connectivity index (χ0) is 21.6. The highest BCUT2D eigenvalue weighted by Crippen LogP contribution is 2.46. The van der Waals surface area contributed by atoms with Crippen molar-refractivity contribution < 1.29 is 22.7 Å². The Labute approximate surface area is 181 Å². The lowest BCUT2D eigenvalue weighted by atomic mass is 9.99. The molecule has 1 aromatic heterocycles. The molecule has 8 nitrogen and oxygen atoms in total. The Bertz CT molecular complexity index is 1080. The third-order valence-electron chi connectivity index (χ3n) is 6.53. The molecule has 1 amide bonds. The fourth-order valence-corrected chi connectivity index (χ4v) is 7.34. The summed E-state index contributed by atoms with van der Waals surface area (Å²) >= 11 is 0. The number of fused-ring (bicyclic) bond motifs is 1. The summed E-state index contributed by atoms with van der Waals surface area (Å²) in [7, 11) is -1.87. The number of benzene rings is 1. The number of methoxy groups -OCH3 is 1. The molecule has 5 rings (SSSR count). The Morgan fingerprint density at radius 2 is 1.94 bits per heavy atom. The van der Waals surface area contributed by atoms with Gasteiger partial charge in [-0.25, -0.2) is 8.42 Å². The summed E-state index contributed by atoms with van der Waals surface area (Å²) in [5.74, 6) is 0.663. The summed E-state index contributed by atoms with van der Waals surface area (Å²) in [5, 5.41) is -0.601. The summed E-state index contributed by atoms with van der Waals surface area (Å²) in [5.41, 5.74) is 0.744. The number of nitrogens with zero attached hydrogens (tertiary/aromatic N) is 3. The summed E-state index contributed by atoms with van der Waals surface area (Å²) < 4.78 is 39.5. The molecule has 9 heteroatoms. The molecule has 0 radical (unpaired) electrons. The van der Waals surface area contributed by atoms with Crippen molar-refractivity contribution in [3.8, 4) is 5.75 Å². The van der Waals surface area contributed by atoms with Crippen LogP contribution in [0.3, 0.4) is 0 Å². The van der Waals surface area contributed by atoms with E-state index in [1.165, 1.54) is 0 Å². The van der Waals surface area contributed by atoms with Crippen molar-refractivity contribution in [2.45, 2.75) is 29.8 Å². The molecule has 1 spiro atoms. The molecule has 1 aromatic carbocycles. The van der Waals surface area contributed by atoms with E-state index >= 15 is 0 Å². The number of amides is 1. The topological polar surface area (TPSA) is 89.0 Å². The van der Waals surface area contributed by atoms with E-state index in [1.807, 2.05) is 24.3 Å². The molecule has 2 aromatic rings. The SMILES string of the molecule is COc1ccc(CCN2C[C@@]34CN(C(=O)c5ccncc5)C[C@@H](C[C@@H]3S2(=O)=O)O4)cc1. The first-order chi connectivity index (χ1) is 14.9. The maximum atomic E-state index is 13.3. The molecular weight excluding hydrogens is 418 g/mol. The molecule has 2 bridgehead atoms. The second-order valence-electron chi connectivity index (χ2n) is 8.43. The number of likely N-dealkylation sites (tertiary alicyclic amines) is 1. The van der Waals surface area contributed by atoms with E-state index in [-0.39, 0.29) is 25.1 Å². The highest BCUT2D eigenvalue weighted by Gasteiger charge is 2.65. The second-order valence-corrected chi connectivity index (χ2v) is 10.5. The van der Waals surface area contributed by atoms with Crippen LogP contribution >= 0.6 is 0 Å². The van der Waals surface area contributed by atoms with E-state index in [4.69, 9.17) is 9.47 Å². The van der Waals surface area contributed by atoms with Crippen LogP contribution in [0.25, 0.3) is 0 Å². The van der Waals surface area contributed by atoms with Crippen LogP contribution in [-0.4, -0.2) is 78.8 Å². The van der Waals surface area contributed by atoms with Gasteiger partial charge in [-0.3, -0.25) is 9.78 Å². The van der Waals surface area contributed by atoms with Gasteiger partial charge in [-0.15, -0.1) is 0 Å². The quantitative estimate of drug-likeness (QED) is 0.693. The molecular formula is C22H25N3O5S. The van der Waals surface area contributed by atoms with Crippen LogP contribution < -0.4 is 4.74 Å². The lowest BCUT2D eigenvalue weighted by Gasteiger charge is -2.39. The van der Waals surface area contributed by atoms with Crippen LogP contribution in [0.15, 0.2) is 48.8 Å². The minimum atomic E-state index is -3.49. The average Bonchev–Trinajstić information content (AvgIpc) is 3.17. The number of ether oxygens (including phenoxy) is 2. The maximum absolute atomic E-state index is 13.3. The lowest BCUT2D eigenvalue weighted by molar-refractivity contribution is -0.0976. The molecule has 0 unspecified atom stereocenters. The van der Waals surface area contributed by atoms with Gasteiger partial charge in [-0.1, -0.05) is 12.1 Å². The zero-order valence-corrected chi connectivity index (χ0v) is 18.1. The number of pyridine rings is 1. The number of carbonyl (C=O) groups excluding carboxylic acids is 1. The van der Waals surface area contributed by atoms with Gasteiger partial charge in [0, 0.05) is 37.6 Å². The van der Waals surface area contributed by atoms with Gasteiger partial charge in [-0.2, -0.15) is 4.31 Å². The molecule has 31 heavy (non-hydrogen) atoms. The van der Waals surface area contributed by atoms with E-state index in [2.05, 4.69) is 4.98 Å². The molecule has 3 fully saturated rings. The van der Waals surface area contributed by atoms with E-state index in [1.54, 1.807) is 40.8 Å². The van der Waals surface area contributed by atoms with Crippen molar-refractivity contribution >= 4 is 15.9 Å². The van der Waals surface area contributed by atoms with Gasteiger partial charge in [0.05, 0.1) is 19.8 Å². The Kier molecular flexibility index (Phi) is 4.99. The first-order valence-electron chi connectivity index (χ1n) is 10.4. The van der Waals surface area contributed by atoms with Crippen LogP contribution in [-0.2, 0) is 21.2 Å². The number of sulfonamides is 1. The predicted octanol–water partition coefficient (Wildman–Crippen LogP) is 1.33. The van der Waals surface area contributed by atoms with Crippen LogP contribution in [0, 0.1) is 0 Å². The van der Waals surface area contributed by atoms with Crippen molar-refractivity contribution in [3.63, 3.8) is 0 Å². The van der Waals surface area contributed by atoms with Gasteiger partial charge in [0.1, 0.15) is 16.6 Å². The normalized spacial score (nSPS) is 29.0. The molecule has 3 aliphatic rings. The van der Waals surface area contributed by atoms with Gasteiger partial charge in [0.2, 0.25) is 10.0 Å². The molecule has 3 atom stereocenters. The fraction of sp³-hybridized carbons (Fsp3) is 0.455. The first kappa shape index (κ1) is 20.4. The van der Waals surface area contributed by atoms with Crippen molar-refractivity contribution in [2.75, 3.05) is 33.3 Å². The minimum Gasteiger partial charge on any atom is -0.497 e. The molecule has 4 heterocycles. The van der Waals surface area contributed by atoms with E-state index in [0.29, 0.717) is 31.5 Å². The van der Waals surface area contributed by atoms with E-state index in [0.717, 1.165) is 11.3 Å². The van der Waals surface area contributed by atoms with Gasteiger partial charge in [-0.05, 0) is 42.7 Å². The van der Waals surface area contributed by atoms with Crippen LogP contribution in [0.5, 0.6) is 5.75 Å². The standard InChI is InChI=1S/C22H25N3O5S/c1-29-18-4-2-16(3-5-18)8-11-25-15-22-14-24(21(26)17-6-9-23-10-7-17)13-19(30-22)12-20(22)31(25,27)28/h2-7,9-10,19-20H,8,11-15H2,1H3/t19-,20+,22+/m1/s1. The van der Waals surface area contributed by atoms with E-state index < -0.39 is 20.9 Å². The summed E-state index contributed by atoms with van der Waals surface area (Å²) in [6, 6.07) is 11.0. The van der Waals surface area contributed by atoms with Crippen LogP contribution in [0.4, 0.5) is 0 Å². The predicted molar refractivity (Wildman–Crippen MR) is 113 cm³/mol. The minimum absolute atomic E-state index is 0.107. The highest BCUT2D eigenvalue weighted by atomic mass is 32.2. The maximum Gasteiger partial charge on any atom is 0.254 e. The van der Waals surface area contributed by atoms with Crippen molar-refractivity contribution in [1.29, 1.82) is 0 Å². The zero-order valence-electron chi connectivity index (χ0n) is 17.3. The lowest BCUT2D eigenvalue weighted by Crippen LogP contribution is -2.56. The van der Waals surface area contributed by atoms with Gasteiger partial charge >= 0.3 is 0 Å². The van der Waals surface area contributed by atoms with Gasteiger partial charge < -0.3 is 14.4 Å². The van der Waals surface area contributed by atoms with Gasteiger partial charge in [0.15, 0.2) is 0 Å². The molecule has 0 saturated carbocycles. The average molecular weight is 444 g/mol. The molecule has 0 aliphatic carbocycles. The smallest absolute Gasteiger partial charge is 0.254 e. The van der Waals surface area contributed by atoms with E-state index in [9.17, 15) is 13.2 Å². The second kappa shape index (κ2) is 7.58. The first-order valence-corrected chi connectivity index (χ1v) is 11.9. The molecule has 3 saturated heterocycles. The highest BCUT2D eigenvalue weighted by molar-refractivity contribution is 7.90. The number of carbonyl (C=O) groups is 1. The summed E-state index contributed by atoms with van der Waals surface area (Å²) in [6.45, 7) is 1.38. The Morgan fingerprint density at radius 3 is 2.65 bits per heavy atom. The fourth-order valence-electron chi connectivity index (χ4n) is 5.03. The molecule has 3 aliphatic heterocycles. The number of hydrogen-bond donors (Lipinski definition) is 0. The van der Waals surface area contributed by atoms with Crippen LogP contribution in [0.2, 0.25) is 0 Å². The number of hydrogen-bond acceptors (Lipinski definition) is 6. The van der Waals surface area contributed by atoms with Crippen molar-refractivity contribution in [1.82, 2.24) is 14.2 Å². The summed E-state index contributed by atoms with van der Waals surface area (Å²) in [4.78, 5) is 18.7. The Hall–Kier alpha value is -2.49. The molecule has 164 valence electrons.